The van der Waals surface area contributed by atoms with Crippen LogP contribution in [0.5, 0.6) is 0 Å². The fourth-order valence-electron chi connectivity index (χ4n) is 6.32. The van der Waals surface area contributed by atoms with Gasteiger partial charge in [-0.3, -0.25) is 0 Å². The summed E-state index contributed by atoms with van der Waals surface area (Å²) in [5.41, 5.74) is 5.45. The molecule has 0 bridgehead atoms. The molecular weight excluding hydrogens is 252 g/mol. The average Bonchev–Trinajstić information content (AvgIpc) is 2.70. The summed E-state index contributed by atoms with van der Waals surface area (Å²) in [6.45, 7) is 9.89. The van der Waals surface area contributed by atoms with Crippen LogP contribution in [0.2, 0.25) is 0 Å². The molecule has 114 valence electrons. The molecule has 2 saturated carbocycles. The summed E-state index contributed by atoms with van der Waals surface area (Å²) in [6, 6.07) is 7.26. The second-order valence-corrected chi connectivity index (χ2v) is 8.66. The van der Waals surface area contributed by atoms with Crippen molar-refractivity contribution in [3.05, 3.63) is 34.9 Å². The molecule has 3 aliphatic rings. The number of hydrogen-bond acceptors (Lipinski definition) is 0. The second kappa shape index (κ2) is 4.61. The Morgan fingerprint density at radius 2 is 1.95 bits per heavy atom. The van der Waals surface area contributed by atoms with Gasteiger partial charge in [-0.1, -0.05) is 44.5 Å². The molecule has 1 aromatic rings. The van der Waals surface area contributed by atoms with Gasteiger partial charge in [-0.05, 0) is 85.2 Å². The fraction of sp³-hybridized carbons (Fsp3) is 0.714. The second-order valence-electron chi connectivity index (χ2n) is 8.66. The van der Waals surface area contributed by atoms with E-state index in [-0.39, 0.29) is 0 Å². The quantitative estimate of drug-likeness (QED) is 0.570. The lowest BCUT2D eigenvalue weighted by Gasteiger charge is -2.50. The molecule has 0 N–H and O–H groups in total. The molecule has 0 aliphatic heterocycles. The number of hydrogen-bond donors (Lipinski definition) is 0. The van der Waals surface area contributed by atoms with Crippen LogP contribution in [0.25, 0.3) is 0 Å². The van der Waals surface area contributed by atoms with Crippen molar-refractivity contribution in [2.24, 2.45) is 29.1 Å². The van der Waals surface area contributed by atoms with E-state index in [9.17, 15) is 0 Å². The maximum atomic E-state index is 2.62. The topological polar surface area (TPSA) is 0 Å². The van der Waals surface area contributed by atoms with Gasteiger partial charge in [-0.2, -0.15) is 0 Å². The zero-order valence-corrected chi connectivity index (χ0v) is 14.2. The molecule has 0 nitrogen and oxygen atoms in total. The molecule has 0 saturated heterocycles. The van der Waals surface area contributed by atoms with Crippen molar-refractivity contribution in [1.82, 2.24) is 0 Å². The molecule has 21 heavy (non-hydrogen) atoms. The molecule has 4 rings (SSSR count). The lowest BCUT2D eigenvalue weighted by atomic mass is 9.54. The lowest BCUT2D eigenvalue weighted by Crippen LogP contribution is -2.41. The van der Waals surface area contributed by atoms with E-state index in [1.807, 2.05) is 0 Å². The van der Waals surface area contributed by atoms with E-state index >= 15 is 0 Å². The molecule has 0 aromatic heterocycles. The maximum Gasteiger partial charge on any atom is -0.0128 e. The molecule has 0 spiro atoms. The largest absolute Gasteiger partial charge is 0.0622 e. The van der Waals surface area contributed by atoms with Gasteiger partial charge in [0, 0.05) is 0 Å². The molecular formula is C21H30. The van der Waals surface area contributed by atoms with Crippen LogP contribution in [-0.4, -0.2) is 0 Å². The number of fused-ring (bicyclic) bond motifs is 5. The lowest BCUT2D eigenvalue weighted by molar-refractivity contribution is 0.0319. The van der Waals surface area contributed by atoms with Gasteiger partial charge < -0.3 is 0 Å². The van der Waals surface area contributed by atoms with Crippen molar-refractivity contribution in [2.45, 2.75) is 65.7 Å². The van der Waals surface area contributed by atoms with E-state index < -0.39 is 0 Å². The summed E-state index contributed by atoms with van der Waals surface area (Å²) < 4.78 is 0. The SMILES string of the molecule is Cc1ccc2c(c1)CCC1C2CCC2(C)C(C)C(C)CC12. The van der Waals surface area contributed by atoms with E-state index in [1.165, 1.54) is 37.7 Å². The van der Waals surface area contributed by atoms with Gasteiger partial charge in [0.05, 0.1) is 0 Å². The molecule has 6 atom stereocenters. The van der Waals surface area contributed by atoms with Crippen LogP contribution in [0, 0.1) is 36.0 Å². The average molecular weight is 282 g/mol. The van der Waals surface area contributed by atoms with Crippen LogP contribution in [0.15, 0.2) is 18.2 Å². The van der Waals surface area contributed by atoms with Gasteiger partial charge in [-0.25, -0.2) is 0 Å². The van der Waals surface area contributed by atoms with Crippen molar-refractivity contribution >= 4 is 0 Å². The summed E-state index contributed by atoms with van der Waals surface area (Å²) in [7, 11) is 0. The highest BCUT2D eigenvalue weighted by atomic mass is 14.6. The number of rotatable bonds is 0. The Bertz CT molecular complexity index is 557. The molecule has 0 amide bonds. The van der Waals surface area contributed by atoms with Gasteiger partial charge in [0.15, 0.2) is 0 Å². The van der Waals surface area contributed by atoms with Crippen molar-refractivity contribution < 1.29 is 0 Å². The van der Waals surface area contributed by atoms with Gasteiger partial charge in [0.1, 0.15) is 0 Å². The first kappa shape index (κ1) is 13.9. The molecule has 1 aromatic carbocycles. The minimum Gasteiger partial charge on any atom is -0.0622 e. The Labute approximate surface area is 130 Å². The molecule has 6 unspecified atom stereocenters. The fourth-order valence-corrected chi connectivity index (χ4v) is 6.32. The van der Waals surface area contributed by atoms with E-state index in [0.717, 1.165) is 29.6 Å². The van der Waals surface area contributed by atoms with Crippen LogP contribution < -0.4 is 0 Å². The van der Waals surface area contributed by atoms with Gasteiger partial charge in [0.2, 0.25) is 0 Å². The standard InChI is InChI=1S/C21H30/c1-13-5-7-17-16(11-13)6-8-19-18(17)9-10-21(4)15(3)14(2)12-20(19)21/h5,7,11,14-15,18-20H,6,8-10,12H2,1-4H3. The highest BCUT2D eigenvalue weighted by Gasteiger charge is 2.55. The minimum absolute atomic E-state index is 0.628. The Hall–Kier alpha value is -0.780. The minimum atomic E-state index is 0.628. The zero-order valence-electron chi connectivity index (χ0n) is 14.2. The number of aryl methyl sites for hydroxylation is 2. The summed E-state index contributed by atoms with van der Waals surface area (Å²) in [6.07, 6.45) is 7.15. The smallest absolute Gasteiger partial charge is 0.0128 e. The monoisotopic (exact) mass is 282 g/mol. The first-order chi connectivity index (χ1) is 10.0. The van der Waals surface area contributed by atoms with Crippen molar-refractivity contribution in [2.75, 3.05) is 0 Å². The highest BCUT2D eigenvalue weighted by Crippen LogP contribution is 2.64. The van der Waals surface area contributed by atoms with E-state index in [2.05, 4.69) is 45.9 Å². The predicted octanol–water partition coefficient (Wildman–Crippen LogP) is 5.73. The van der Waals surface area contributed by atoms with Crippen LogP contribution in [-0.2, 0) is 6.42 Å². The molecule has 0 heterocycles. The van der Waals surface area contributed by atoms with Crippen LogP contribution >= 0.6 is 0 Å². The summed E-state index contributed by atoms with van der Waals surface area (Å²) in [5.74, 6) is 4.66. The van der Waals surface area contributed by atoms with Crippen LogP contribution in [0.1, 0.15) is 69.1 Å². The predicted molar refractivity (Wildman–Crippen MR) is 89.5 cm³/mol. The van der Waals surface area contributed by atoms with E-state index in [0.29, 0.717) is 5.41 Å². The Kier molecular flexibility index (Phi) is 3.04. The van der Waals surface area contributed by atoms with Gasteiger partial charge in [-0.15, -0.1) is 0 Å². The first-order valence-corrected chi connectivity index (χ1v) is 9.10. The zero-order chi connectivity index (χ0) is 14.8. The summed E-state index contributed by atoms with van der Waals surface area (Å²) in [5, 5.41) is 0. The molecule has 2 fully saturated rings. The van der Waals surface area contributed by atoms with Crippen LogP contribution in [0.4, 0.5) is 0 Å². The van der Waals surface area contributed by atoms with Gasteiger partial charge >= 0.3 is 0 Å². The maximum absolute atomic E-state index is 2.62. The molecule has 0 heteroatoms. The Morgan fingerprint density at radius 3 is 2.76 bits per heavy atom. The van der Waals surface area contributed by atoms with Crippen molar-refractivity contribution in [1.29, 1.82) is 0 Å². The Morgan fingerprint density at radius 1 is 1.14 bits per heavy atom. The van der Waals surface area contributed by atoms with Crippen molar-refractivity contribution in [3.63, 3.8) is 0 Å². The van der Waals surface area contributed by atoms with Crippen molar-refractivity contribution in [3.8, 4) is 0 Å². The third kappa shape index (κ3) is 1.87. The normalized spacial score (nSPS) is 44.9. The summed E-state index contributed by atoms with van der Waals surface area (Å²) in [4.78, 5) is 0. The first-order valence-electron chi connectivity index (χ1n) is 9.10. The Balaban J connectivity index is 1.71. The highest BCUT2D eigenvalue weighted by molar-refractivity contribution is 5.37. The molecule has 3 aliphatic carbocycles. The van der Waals surface area contributed by atoms with E-state index in [4.69, 9.17) is 0 Å². The number of benzene rings is 1. The molecule has 0 radical (unpaired) electrons. The third-order valence-corrected chi connectivity index (χ3v) is 7.84. The third-order valence-electron chi connectivity index (χ3n) is 7.84. The van der Waals surface area contributed by atoms with Crippen LogP contribution in [0.3, 0.4) is 0 Å². The van der Waals surface area contributed by atoms with E-state index in [1.54, 1.807) is 11.1 Å². The van der Waals surface area contributed by atoms with Gasteiger partial charge in [0.25, 0.3) is 0 Å². The summed E-state index contributed by atoms with van der Waals surface area (Å²) >= 11 is 0.